The molecular weight excluding hydrogens is 169 g/mol. The van der Waals surface area contributed by atoms with E-state index < -0.39 is 0 Å². The number of amides is 1. The highest BCUT2D eigenvalue weighted by Crippen LogP contribution is 2.11. The van der Waals surface area contributed by atoms with E-state index >= 15 is 0 Å². The summed E-state index contributed by atoms with van der Waals surface area (Å²) in [4.78, 5) is 8.58. The van der Waals surface area contributed by atoms with Crippen molar-refractivity contribution in [3.05, 3.63) is 35.1 Å². The maximum atomic E-state index is 12.2. The molecule has 1 aromatic rings. The van der Waals surface area contributed by atoms with Crippen molar-refractivity contribution < 1.29 is 9.18 Å². The monoisotopic (exact) mass is 175 g/mol. The second kappa shape index (κ2) is 5.68. The van der Waals surface area contributed by atoms with Gasteiger partial charge in [0.1, 0.15) is 5.82 Å². The quantitative estimate of drug-likeness (QED) is 0.598. The number of carbonyl (C=O) groups is 1. The van der Waals surface area contributed by atoms with Gasteiger partial charge in [0.2, 0.25) is 6.41 Å². The van der Waals surface area contributed by atoms with E-state index in [-0.39, 0.29) is 17.2 Å². The molecule has 0 atom stereocenters. The summed E-state index contributed by atoms with van der Waals surface area (Å²) in [5, 5.41) is 0.174. The van der Waals surface area contributed by atoms with E-state index in [0.29, 0.717) is 0 Å². The van der Waals surface area contributed by atoms with Crippen molar-refractivity contribution in [3.63, 3.8) is 0 Å². The van der Waals surface area contributed by atoms with Gasteiger partial charge in [-0.3, -0.25) is 4.79 Å². The lowest BCUT2D eigenvalue weighted by atomic mass is 10.4. The Morgan fingerprint density at radius 3 is 2.18 bits per heavy atom. The van der Waals surface area contributed by atoms with Crippen LogP contribution in [0.5, 0.6) is 0 Å². The largest absolute Gasteiger partial charge is 0.372 e. The molecule has 2 nitrogen and oxygen atoms in total. The van der Waals surface area contributed by atoms with Crippen LogP contribution in [-0.4, -0.2) is 6.41 Å². The third-order valence-electron chi connectivity index (χ3n) is 0.824. The Morgan fingerprint density at radius 2 is 1.91 bits per heavy atom. The molecule has 0 aromatic heterocycles. The van der Waals surface area contributed by atoms with Gasteiger partial charge in [-0.25, -0.2) is 4.39 Å². The maximum Gasteiger partial charge on any atom is 0.204 e. The molecule has 1 rings (SSSR count). The molecule has 0 radical (unpaired) electrons. The molecule has 0 bridgehead atoms. The number of hydrogen-bond donors (Lipinski definition) is 1. The number of carbonyl (C=O) groups excluding carboxylic acids is 1. The fourth-order valence-electron chi connectivity index (χ4n) is 0.439. The van der Waals surface area contributed by atoms with Gasteiger partial charge in [0.15, 0.2) is 0 Å². The van der Waals surface area contributed by atoms with Crippen molar-refractivity contribution in [1.29, 1.82) is 0 Å². The Balaban J connectivity index is 0.000000292. The van der Waals surface area contributed by atoms with Crippen LogP contribution in [-0.2, 0) is 4.79 Å². The van der Waals surface area contributed by atoms with Crippen molar-refractivity contribution in [3.8, 4) is 0 Å². The fourth-order valence-corrected chi connectivity index (χ4v) is 0.575. The normalized spacial score (nSPS) is 7.82. The summed E-state index contributed by atoms with van der Waals surface area (Å²) < 4.78 is 12.2. The van der Waals surface area contributed by atoms with Gasteiger partial charge in [-0.1, -0.05) is 23.7 Å². The summed E-state index contributed by atoms with van der Waals surface area (Å²) in [7, 11) is 0. The molecule has 0 heterocycles. The van der Waals surface area contributed by atoms with Crippen LogP contribution in [0.15, 0.2) is 24.3 Å². The minimum absolute atomic E-state index is 0.174. The number of nitrogens with two attached hydrogens (primary N) is 1. The van der Waals surface area contributed by atoms with Crippen LogP contribution in [0.4, 0.5) is 4.39 Å². The van der Waals surface area contributed by atoms with E-state index in [1.807, 2.05) is 0 Å². The zero-order chi connectivity index (χ0) is 8.69. The maximum absolute atomic E-state index is 12.2. The highest BCUT2D eigenvalue weighted by atomic mass is 35.5. The van der Waals surface area contributed by atoms with Crippen molar-refractivity contribution in [2.75, 3.05) is 0 Å². The van der Waals surface area contributed by atoms with Crippen LogP contribution in [0.1, 0.15) is 0 Å². The first-order valence-corrected chi connectivity index (χ1v) is 3.15. The highest BCUT2D eigenvalue weighted by molar-refractivity contribution is 6.30. The molecule has 1 aromatic carbocycles. The number of primary amides is 1. The van der Waals surface area contributed by atoms with Crippen LogP contribution in [0.2, 0.25) is 5.02 Å². The Morgan fingerprint density at radius 1 is 1.45 bits per heavy atom. The third-order valence-corrected chi connectivity index (χ3v) is 1.13. The zero-order valence-corrected chi connectivity index (χ0v) is 6.38. The van der Waals surface area contributed by atoms with Gasteiger partial charge in [0.25, 0.3) is 0 Å². The van der Waals surface area contributed by atoms with Crippen LogP contribution >= 0.6 is 11.6 Å². The third kappa shape index (κ3) is 4.33. The molecule has 60 valence electrons. The van der Waals surface area contributed by atoms with E-state index in [0.717, 1.165) is 0 Å². The molecule has 0 saturated heterocycles. The zero-order valence-electron chi connectivity index (χ0n) is 5.63. The second-order valence-electron chi connectivity index (χ2n) is 1.55. The van der Waals surface area contributed by atoms with Gasteiger partial charge in [-0.2, -0.15) is 0 Å². The molecule has 0 aliphatic rings. The molecule has 0 fully saturated rings. The highest BCUT2D eigenvalue weighted by Gasteiger charge is 1.91. The summed E-state index contributed by atoms with van der Waals surface area (Å²) in [6, 6.07) is 6.12. The smallest absolute Gasteiger partial charge is 0.204 e. The summed E-state index contributed by atoms with van der Waals surface area (Å²) in [5.41, 5.74) is 4.17. The van der Waals surface area contributed by atoms with E-state index in [1.165, 1.54) is 12.1 Å². The number of rotatable bonds is 0. The minimum atomic E-state index is -0.367. The molecule has 4 heteroatoms. The predicted molar refractivity (Wildman–Crippen MR) is 41.7 cm³/mol. The van der Waals surface area contributed by atoms with Gasteiger partial charge in [0.05, 0.1) is 5.02 Å². The molecule has 0 unspecified atom stereocenters. The van der Waals surface area contributed by atoms with Crippen molar-refractivity contribution in [2.45, 2.75) is 0 Å². The number of hydrogen-bond acceptors (Lipinski definition) is 1. The summed E-state index contributed by atoms with van der Waals surface area (Å²) in [5.74, 6) is -0.367. The molecule has 11 heavy (non-hydrogen) atoms. The standard InChI is InChI=1S/C6H4ClF.CH3NO/c7-5-3-1-2-4-6(5)8;2-1-3/h1-4H;1H,(H2,2,3). The first-order chi connectivity index (χ1) is 5.22. The van der Waals surface area contributed by atoms with E-state index in [4.69, 9.17) is 16.4 Å². The topological polar surface area (TPSA) is 43.1 Å². The van der Waals surface area contributed by atoms with Crippen LogP contribution < -0.4 is 5.73 Å². The predicted octanol–water partition coefficient (Wildman–Crippen LogP) is 1.58. The van der Waals surface area contributed by atoms with Crippen molar-refractivity contribution in [1.82, 2.24) is 0 Å². The van der Waals surface area contributed by atoms with E-state index in [1.54, 1.807) is 12.1 Å². The molecule has 0 saturated carbocycles. The van der Waals surface area contributed by atoms with Crippen LogP contribution in [0.25, 0.3) is 0 Å². The van der Waals surface area contributed by atoms with Crippen molar-refractivity contribution in [2.24, 2.45) is 5.73 Å². The lowest BCUT2D eigenvalue weighted by Crippen LogP contribution is -1.82. The summed E-state index contributed by atoms with van der Waals surface area (Å²) >= 11 is 5.33. The molecule has 2 N–H and O–H groups in total. The molecule has 1 amide bonds. The SMILES string of the molecule is Fc1ccccc1Cl.NC=O. The first kappa shape index (κ1) is 9.91. The Kier molecular flexibility index (Phi) is 5.11. The Bertz CT molecular complexity index is 208. The number of benzene rings is 1. The van der Waals surface area contributed by atoms with Crippen molar-refractivity contribution >= 4 is 18.0 Å². The van der Waals surface area contributed by atoms with Gasteiger partial charge < -0.3 is 5.73 Å². The number of halogens is 2. The second-order valence-corrected chi connectivity index (χ2v) is 1.96. The minimum Gasteiger partial charge on any atom is -0.372 e. The van der Waals surface area contributed by atoms with E-state index in [9.17, 15) is 4.39 Å². The summed E-state index contributed by atoms with van der Waals surface area (Å²) in [6.07, 6.45) is 0.250. The Labute approximate surface area is 68.8 Å². The average molecular weight is 176 g/mol. The lowest BCUT2D eigenvalue weighted by molar-refractivity contribution is -0.106. The van der Waals surface area contributed by atoms with Gasteiger partial charge in [0, 0.05) is 0 Å². The van der Waals surface area contributed by atoms with Crippen LogP contribution in [0, 0.1) is 5.82 Å². The fraction of sp³-hybridized carbons (Fsp3) is 0. The summed E-state index contributed by atoms with van der Waals surface area (Å²) in [6.45, 7) is 0. The molecule has 0 spiro atoms. The van der Waals surface area contributed by atoms with Gasteiger partial charge in [-0.15, -0.1) is 0 Å². The van der Waals surface area contributed by atoms with Crippen LogP contribution in [0.3, 0.4) is 0 Å². The molecular formula is C7H7ClFNO. The molecule has 0 aliphatic carbocycles. The lowest BCUT2D eigenvalue weighted by Gasteiger charge is -1.86. The first-order valence-electron chi connectivity index (χ1n) is 2.77. The molecule has 0 aliphatic heterocycles. The van der Waals surface area contributed by atoms with Gasteiger partial charge >= 0.3 is 0 Å². The van der Waals surface area contributed by atoms with Gasteiger partial charge in [-0.05, 0) is 12.1 Å². The van der Waals surface area contributed by atoms with E-state index in [2.05, 4.69) is 5.73 Å². The Hall–Kier alpha value is -1.09. The average Bonchev–Trinajstić information content (AvgIpc) is 1.97.